The first kappa shape index (κ1) is 14.5. The molecule has 0 aliphatic heterocycles. The van der Waals surface area contributed by atoms with Crippen LogP contribution in [0, 0.1) is 6.92 Å². The third-order valence-corrected chi connectivity index (χ3v) is 3.80. The maximum absolute atomic E-state index is 12.1. The number of carbonyl (C=O) groups is 1. The normalized spacial score (nSPS) is 15.5. The summed E-state index contributed by atoms with van der Waals surface area (Å²) in [5.74, 6) is -0.252. The first-order chi connectivity index (χ1) is 10.5. The van der Waals surface area contributed by atoms with Crippen LogP contribution in [0.15, 0.2) is 29.1 Å². The van der Waals surface area contributed by atoms with Crippen LogP contribution in [0.25, 0.3) is 0 Å². The van der Waals surface area contributed by atoms with Gasteiger partial charge in [-0.05, 0) is 42.7 Å². The van der Waals surface area contributed by atoms with Crippen molar-refractivity contribution in [2.45, 2.75) is 45.3 Å². The fourth-order valence-electron chi connectivity index (χ4n) is 2.30. The topological polar surface area (TPSA) is 81.8 Å². The summed E-state index contributed by atoms with van der Waals surface area (Å²) < 4.78 is 2.46. The van der Waals surface area contributed by atoms with Crippen molar-refractivity contribution in [1.82, 2.24) is 25.1 Å². The zero-order valence-corrected chi connectivity index (χ0v) is 12.7. The molecule has 1 aromatic heterocycles. The summed E-state index contributed by atoms with van der Waals surface area (Å²) in [5.41, 5.74) is 1.87. The lowest BCUT2D eigenvalue weighted by molar-refractivity contribution is -0.122. The molecule has 7 nitrogen and oxygen atoms in total. The van der Waals surface area contributed by atoms with E-state index in [-0.39, 0.29) is 30.2 Å². The molecule has 3 rings (SSSR count). The summed E-state index contributed by atoms with van der Waals surface area (Å²) in [6.45, 7) is 3.82. The molecule has 2 aromatic rings. The minimum atomic E-state index is -0.319. The van der Waals surface area contributed by atoms with Crippen LogP contribution in [0.4, 0.5) is 0 Å². The number of aromatic nitrogens is 4. The maximum Gasteiger partial charge on any atom is 0.364 e. The zero-order valence-electron chi connectivity index (χ0n) is 12.7. The molecule has 0 radical (unpaired) electrons. The fourth-order valence-corrected chi connectivity index (χ4v) is 2.30. The molecule has 0 saturated heterocycles. The fraction of sp³-hybridized carbons (Fsp3) is 0.467. The number of rotatable bonds is 5. The lowest BCUT2D eigenvalue weighted by atomic mass is 10.1. The number of amides is 1. The Kier molecular flexibility index (Phi) is 3.79. The predicted octanol–water partition coefficient (Wildman–Crippen LogP) is 0.961. The molecule has 22 heavy (non-hydrogen) atoms. The number of nitrogens with one attached hydrogen (secondary N) is 1. The second kappa shape index (κ2) is 5.75. The number of benzene rings is 1. The van der Waals surface area contributed by atoms with Gasteiger partial charge in [-0.15, -0.1) is 0 Å². The van der Waals surface area contributed by atoms with Gasteiger partial charge in [-0.25, -0.2) is 4.79 Å². The molecule has 1 saturated carbocycles. The average Bonchev–Trinajstić information content (AvgIpc) is 3.26. The monoisotopic (exact) mass is 301 g/mol. The number of nitrogens with zero attached hydrogens (tertiary/aromatic N) is 4. The predicted molar refractivity (Wildman–Crippen MR) is 80.3 cm³/mol. The molecule has 116 valence electrons. The van der Waals surface area contributed by atoms with Crippen molar-refractivity contribution in [2.24, 2.45) is 0 Å². The van der Waals surface area contributed by atoms with E-state index in [1.807, 2.05) is 38.1 Å². The summed E-state index contributed by atoms with van der Waals surface area (Å²) >= 11 is 0. The van der Waals surface area contributed by atoms with Gasteiger partial charge in [0.2, 0.25) is 5.91 Å². The molecule has 1 aromatic carbocycles. The Morgan fingerprint density at radius 3 is 2.64 bits per heavy atom. The highest BCUT2D eigenvalue weighted by Crippen LogP contribution is 2.32. The van der Waals surface area contributed by atoms with Crippen LogP contribution in [-0.2, 0) is 11.3 Å². The van der Waals surface area contributed by atoms with E-state index in [2.05, 4.69) is 15.7 Å². The molecule has 1 N–H and O–H groups in total. The standard InChI is InChI=1S/C15H19N5O2/c1-10-3-5-12(6-4-10)11(2)16-14(21)9-19-15(22)20(18-17-19)13-7-8-13/h3-6,11,13H,7-9H2,1-2H3,(H,16,21)/t11-/m0/s1. The molecule has 1 fully saturated rings. The molecule has 1 aliphatic carbocycles. The van der Waals surface area contributed by atoms with Gasteiger partial charge in [0, 0.05) is 0 Å². The molecule has 0 bridgehead atoms. The van der Waals surface area contributed by atoms with E-state index < -0.39 is 0 Å². The maximum atomic E-state index is 12.1. The molecule has 1 heterocycles. The van der Waals surface area contributed by atoms with Crippen molar-refractivity contribution in [3.05, 3.63) is 45.9 Å². The van der Waals surface area contributed by atoms with Gasteiger partial charge in [-0.3, -0.25) is 4.79 Å². The number of tetrazole rings is 1. The highest BCUT2D eigenvalue weighted by molar-refractivity contribution is 5.76. The van der Waals surface area contributed by atoms with Crippen LogP contribution in [0.5, 0.6) is 0 Å². The van der Waals surface area contributed by atoms with Gasteiger partial charge in [0.25, 0.3) is 0 Å². The third-order valence-electron chi connectivity index (χ3n) is 3.80. The van der Waals surface area contributed by atoms with E-state index >= 15 is 0 Å². The number of hydrogen-bond donors (Lipinski definition) is 1. The van der Waals surface area contributed by atoms with Gasteiger partial charge >= 0.3 is 5.69 Å². The summed E-state index contributed by atoms with van der Waals surface area (Å²) in [7, 11) is 0. The van der Waals surface area contributed by atoms with Gasteiger partial charge in [0.1, 0.15) is 6.54 Å². The van der Waals surface area contributed by atoms with Crippen molar-refractivity contribution in [2.75, 3.05) is 0 Å². The average molecular weight is 301 g/mol. The van der Waals surface area contributed by atoms with E-state index in [0.717, 1.165) is 23.1 Å². The first-order valence-electron chi connectivity index (χ1n) is 7.43. The van der Waals surface area contributed by atoms with Crippen molar-refractivity contribution >= 4 is 5.91 Å². The Balaban J connectivity index is 1.62. The molecule has 0 spiro atoms. The van der Waals surface area contributed by atoms with Crippen molar-refractivity contribution < 1.29 is 4.79 Å². The third kappa shape index (κ3) is 3.08. The molecule has 0 unspecified atom stereocenters. The van der Waals surface area contributed by atoms with Crippen LogP contribution < -0.4 is 11.0 Å². The highest BCUT2D eigenvalue weighted by Gasteiger charge is 2.28. The van der Waals surface area contributed by atoms with Gasteiger partial charge < -0.3 is 5.32 Å². The number of aryl methyl sites for hydroxylation is 1. The summed E-state index contributed by atoms with van der Waals surface area (Å²) in [4.78, 5) is 24.1. The summed E-state index contributed by atoms with van der Waals surface area (Å²) in [6.07, 6.45) is 1.91. The molecule has 7 heteroatoms. The van der Waals surface area contributed by atoms with Crippen LogP contribution in [-0.4, -0.2) is 25.7 Å². The van der Waals surface area contributed by atoms with Crippen molar-refractivity contribution in [3.63, 3.8) is 0 Å². The van der Waals surface area contributed by atoms with Gasteiger partial charge in [0.05, 0.1) is 12.1 Å². The quantitative estimate of drug-likeness (QED) is 0.892. The second-order valence-electron chi connectivity index (χ2n) is 5.79. The largest absolute Gasteiger partial charge is 0.364 e. The summed E-state index contributed by atoms with van der Waals surface area (Å²) in [6, 6.07) is 8.01. The molecule has 1 aliphatic rings. The van der Waals surface area contributed by atoms with Crippen LogP contribution in [0.2, 0.25) is 0 Å². The lowest BCUT2D eigenvalue weighted by Gasteiger charge is -2.14. The highest BCUT2D eigenvalue weighted by atomic mass is 16.2. The van der Waals surface area contributed by atoms with Gasteiger partial charge in [-0.1, -0.05) is 29.8 Å². The summed E-state index contributed by atoms with van der Waals surface area (Å²) in [5, 5.41) is 10.4. The Morgan fingerprint density at radius 1 is 1.32 bits per heavy atom. The minimum absolute atomic E-state index is 0.109. The molecule has 1 amide bonds. The van der Waals surface area contributed by atoms with E-state index in [1.165, 1.54) is 10.2 Å². The Labute approximate surface area is 127 Å². The molecular weight excluding hydrogens is 282 g/mol. The van der Waals surface area contributed by atoms with Crippen LogP contribution >= 0.6 is 0 Å². The van der Waals surface area contributed by atoms with Gasteiger partial charge in [-0.2, -0.15) is 9.36 Å². The van der Waals surface area contributed by atoms with Gasteiger partial charge in [0.15, 0.2) is 0 Å². The minimum Gasteiger partial charge on any atom is -0.348 e. The van der Waals surface area contributed by atoms with Crippen LogP contribution in [0.1, 0.15) is 43.0 Å². The Hall–Kier alpha value is -2.44. The number of hydrogen-bond acceptors (Lipinski definition) is 4. The van der Waals surface area contributed by atoms with E-state index in [9.17, 15) is 9.59 Å². The van der Waals surface area contributed by atoms with Crippen LogP contribution in [0.3, 0.4) is 0 Å². The number of carbonyl (C=O) groups excluding carboxylic acids is 1. The lowest BCUT2D eigenvalue weighted by Crippen LogP contribution is -2.34. The van der Waals surface area contributed by atoms with Crippen molar-refractivity contribution in [1.29, 1.82) is 0 Å². The molecule has 1 atom stereocenters. The van der Waals surface area contributed by atoms with Crippen molar-refractivity contribution in [3.8, 4) is 0 Å². The smallest absolute Gasteiger partial charge is 0.348 e. The SMILES string of the molecule is Cc1ccc([C@H](C)NC(=O)Cn2nnn(C3CC3)c2=O)cc1. The second-order valence-corrected chi connectivity index (χ2v) is 5.79. The van der Waals surface area contributed by atoms with E-state index in [4.69, 9.17) is 0 Å². The Morgan fingerprint density at radius 2 is 2.00 bits per heavy atom. The Bertz CT molecular complexity index is 727. The van der Waals surface area contributed by atoms with E-state index in [1.54, 1.807) is 0 Å². The van der Waals surface area contributed by atoms with E-state index in [0.29, 0.717) is 0 Å². The first-order valence-corrected chi connectivity index (χ1v) is 7.43. The zero-order chi connectivity index (χ0) is 15.7. The molecular formula is C15H19N5O2.